The van der Waals surface area contributed by atoms with Crippen molar-refractivity contribution in [2.45, 2.75) is 19.3 Å². The van der Waals surface area contributed by atoms with Gasteiger partial charge in [-0.3, -0.25) is 4.79 Å². The second-order valence-electron chi connectivity index (χ2n) is 8.34. The lowest BCUT2D eigenvalue weighted by atomic mass is 9.90. The number of anilines is 2. The number of nitrogen functional groups attached to an aromatic ring is 1. The van der Waals surface area contributed by atoms with E-state index in [1.54, 1.807) is 0 Å². The molecule has 156 valence electrons. The average Bonchev–Trinajstić information content (AvgIpc) is 2.81. The number of piperidine rings is 1. The average molecular weight is 411 g/mol. The number of aromatic amines is 1. The van der Waals surface area contributed by atoms with Gasteiger partial charge in [0.15, 0.2) is 0 Å². The molecule has 4 aromatic rings. The molecule has 1 aliphatic heterocycles. The normalized spacial score (nSPS) is 14.8. The summed E-state index contributed by atoms with van der Waals surface area (Å²) in [4.78, 5) is 14.5. The molecular formula is C26H26N4O. The second-order valence-corrected chi connectivity index (χ2v) is 8.34. The number of H-pyrrole nitrogens is 1. The summed E-state index contributed by atoms with van der Waals surface area (Å²) in [6, 6.07) is 24.4. The van der Waals surface area contributed by atoms with E-state index in [4.69, 9.17) is 5.73 Å². The number of rotatable bonds is 4. The Hall–Kier alpha value is -3.60. The van der Waals surface area contributed by atoms with Gasteiger partial charge >= 0.3 is 0 Å². The highest BCUT2D eigenvalue weighted by Crippen LogP contribution is 2.33. The highest BCUT2D eigenvalue weighted by Gasteiger charge is 2.21. The predicted octanol–water partition coefficient (Wildman–Crippen LogP) is 4.63. The molecule has 31 heavy (non-hydrogen) atoms. The lowest BCUT2D eigenvalue weighted by molar-refractivity contribution is 0.404. The zero-order valence-corrected chi connectivity index (χ0v) is 17.4. The molecule has 1 aliphatic rings. The minimum atomic E-state index is -0.178. The largest absolute Gasteiger partial charge is 0.397 e. The third kappa shape index (κ3) is 3.91. The molecule has 0 radical (unpaired) electrons. The van der Waals surface area contributed by atoms with E-state index in [0.717, 1.165) is 53.4 Å². The van der Waals surface area contributed by atoms with Gasteiger partial charge in [-0.15, -0.1) is 0 Å². The number of aromatic nitrogens is 2. The Morgan fingerprint density at radius 2 is 1.65 bits per heavy atom. The van der Waals surface area contributed by atoms with Crippen molar-refractivity contribution in [3.63, 3.8) is 0 Å². The van der Waals surface area contributed by atoms with Gasteiger partial charge in [-0.2, -0.15) is 5.10 Å². The lowest BCUT2D eigenvalue weighted by Crippen LogP contribution is -2.34. The van der Waals surface area contributed by atoms with Crippen molar-refractivity contribution >= 4 is 22.1 Å². The molecule has 0 saturated carbocycles. The zero-order valence-electron chi connectivity index (χ0n) is 17.4. The smallest absolute Gasteiger partial charge is 0.272 e. The third-order valence-corrected chi connectivity index (χ3v) is 6.32. The van der Waals surface area contributed by atoms with E-state index in [1.165, 1.54) is 18.4 Å². The monoisotopic (exact) mass is 410 g/mol. The third-order valence-electron chi connectivity index (χ3n) is 6.32. The Labute approximate surface area is 181 Å². The van der Waals surface area contributed by atoms with Gasteiger partial charge in [-0.1, -0.05) is 54.6 Å². The summed E-state index contributed by atoms with van der Waals surface area (Å²) in [6.45, 7) is 2.03. The molecule has 0 atom stereocenters. The summed E-state index contributed by atoms with van der Waals surface area (Å²) in [6.07, 6.45) is 3.48. The first-order valence-electron chi connectivity index (χ1n) is 10.9. The van der Waals surface area contributed by atoms with Crippen LogP contribution in [-0.4, -0.2) is 23.3 Å². The number of hydrogen-bond acceptors (Lipinski definition) is 4. The van der Waals surface area contributed by atoms with Crippen molar-refractivity contribution in [2.75, 3.05) is 23.7 Å². The Morgan fingerprint density at radius 1 is 0.935 bits per heavy atom. The number of hydrogen-bond donors (Lipinski definition) is 2. The van der Waals surface area contributed by atoms with Gasteiger partial charge in [-0.25, -0.2) is 5.10 Å². The van der Waals surface area contributed by atoms with E-state index < -0.39 is 0 Å². The van der Waals surface area contributed by atoms with E-state index in [0.29, 0.717) is 5.39 Å². The van der Waals surface area contributed by atoms with Gasteiger partial charge in [0.1, 0.15) is 0 Å². The fourth-order valence-corrected chi connectivity index (χ4v) is 4.65. The van der Waals surface area contributed by atoms with E-state index >= 15 is 0 Å². The summed E-state index contributed by atoms with van der Waals surface area (Å²) in [5.41, 5.74) is 11.2. The zero-order chi connectivity index (χ0) is 21.2. The summed E-state index contributed by atoms with van der Waals surface area (Å²) in [5.74, 6) is 0.718. The Morgan fingerprint density at radius 3 is 2.39 bits per heavy atom. The van der Waals surface area contributed by atoms with Crippen molar-refractivity contribution in [1.29, 1.82) is 0 Å². The number of nitrogens with one attached hydrogen (secondary N) is 1. The molecule has 5 rings (SSSR count). The molecule has 5 nitrogen and oxygen atoms in total. The van der Waals surface area contributed by atoms with Crippen LogP contribution in [0.3, 0.4) is 0 Å². The first kappa shape index (κ1) is 19.4. The van der Waals surface area contributed by atoms with Crippen LogP contribution in [0.5, 0.6) is 0 Å². The highest BCUT2D eigenvalue weighted by atomic mass is 16.1. The van der Waals surface area contributed by atoms with Crippen LogP contribution in [0.2, 0.25) is 0 Å². The van der Waals surface area contributed by atoms with Crippen molar-refractivity contribution in [1.82, 2.24) is 10.2 Å². The van der Waals surface area contributed by atoms with Crippen LogP contribution in [0.25, 0.3) is 22.0 Å². The summed E-state index contributed by atoms with van der Waals surface area (Å²) >= 11 is 0. The standard InChI is InChI=1S/C26H26N4O/c27-23-17-20(25-21-8-4-5-9-22(21)26(31)29-28-25)10-11-24(23)30-14-12-19(13-15-30)16-18-6-2-1-3-7-18/h1-11,17,19H,12-16,27H2,(H,29,31). The molecule has 1 fully saturated rings. The van der Waals surface area contributed by atoms with Crippen LogP contribution in [0.4, 0.5) is 11.4 Å². The second kappa shape index (κ2) is 8.26. The van der Waals surface area contributed by atoms with Gasteiger partial charge in [0.05, 0.1) is 22.5 Å². The number of nitrogens with two attached hydrogens (primary N) is 1. The van der Waals surface area contributed by atoms with Gasteiger partial charge < -0.3 is 10.6 Å². The van der Waals surface area contributed by atoms with Crippen LogP contribution in [0.1, 0.15) is 18.4 Å². The van der Waals surface area contributed by atoms with E-state index in [9.17, 15) is 4.79 Å². The molecule has 0 amide bonds. The number of nitrogens with zero attached hydrogens (tertiary/aromatic N) is 2. The first-order valence-corrected chi connectivity index (χ1v) is 10.9. The Bertz CT molecular complexity index is 1260. The topological polar surface area (TPSA) is 75.0 Å². The fourth-order valence-electron chi connectivity index (χ4n) is 4.65. The summed E-state index contributed by atoms with van der Waals surface area (Å²) in [7, 11) is 0. The molecule has 0 aliphatic carbocycles. The van der Waals surface area contributed by atoms with Gasteiger partial charge in [-0.05, 0) is 48.9 Å². The van der Waals surface area contributed by atoms with Gasteiger partial charge in [0.2, 0.25) is 0 Å². The molecule has 5 heteroatoms. The minimum absolute atomic E-state index is 0.178. The fraction of sp³-hybridized carbons (Fsp3) is 0.231. The van der Waals surface area contributed by atoms with Crippen LogP contribution in [-0.2, 0) is 6.42 Å². The van der Waals surface area contributed by atoms with E-state index in [2.05, 4.69) is 57.6 Å². The van der Waals surface area contributed by atoms with Gasteiger partial charge in [0.25, 0.3) is 5.56 Å². The van der Waals surface area contributed by atoms with Crippen molar-refractivity contribution in [3.05, 3.63) is 88.7 Å². The quantitative estimate of drug-likeness (QED) is 0.481. The van der Waals surface area contributed by atoms with E-state index in [1.807, 2.05) is 30.3 Å². The van der Waals surface area contributed by atoms with Crippen LogP contribution in [0.15, 0.2) is 77.6 Å². The molecule has 3 aromatic carbocycles. The molecular weight excluding hydrogens is 384 g/mol. The molecule has 1 aromatic heterocycles. The van der Waals surface area contributed by atoms with Crippen molar-refractivity contribution < 1.29 is 0 Å². The molecule has 1 saturated heterocycles. The summed E-state index contributed by atoms with van der Waals surface area (Å²) in [5, 5.41) is 8.38. The van der Waals surface area contributed by atoms with Crippen LogP contribution < -0.4 is 16.2 Å². The first-order chi connectivity index (χ1) is 15.2. The molecule has 3 N–H and O–H groups in total. The van der Waals surface area contributed by atoms with Crippen molar-refractivity contribution in [3.8, 4) is 11.3 Å². The number of benzene rings is 3. The highest BCUT2D eigenvalue weighted by molar-refractivity contribution is 5.94. The minimum Gasteiger partial charge on any atom is -0.397 e. The Balaban J connectivity index is 1.34. The van der Waals surface area contributed by atoms with Gasteiger partial charge in [0, 0.05) is 24.0 Å². The van der Waals surface area contributed by atoms with Crippen LogP contribution >= 0.6 is 0 Å². The predicted molar refractivity (Wildman–Crippen MR) is 127 cm³/mol. The van der Waals surface area contributed by atoms with Crippen LogP contribution in [0, 0.1) is 5.92 Å². The molecule has 0 bridgehead atoms. The molecule has 0 spiro atoms. The maximum absolute atomic E-state index is 12.1. The maximum atomic E-state index is 12.1. The number of fused-ring (bicyclic) bond motifs is 1. The SMILES string of the molecule is Nc1cc(-c2n[nH]c(=O)c3ccccc23)ccc1N1CCC(Cc2ccccc2)CC1. The lowest BCUT2D eigenvalue weighted by Gasteiger charge is -2.34. The molecule has 2 heterocycles. The van der Waals surface area contributed by atoms with Crippen molar-refractivity contribution in [2.24, 2.45) is 5.92 Å². The Kier molecular flexibility index (Phi) is 5.16. The van der Waals surface area contributed by atoms with E-state index in [-0.39, 0.29) is 5.56 Å². The molecule has 0 unspecified atom stereocenters. The maximum Gasteiger partial charge on any atom is 0.272 e. The summed E-state index contributed by atoms with van der Waals surface area (Å²) < 4.78 is 0.